The van der Waals surface area contributed by atoms with Crippen LogP contribution in [0.5, 0.6) is 5.75 Å². The molecular formula is C13H19ClF2N2O2. The molecule has 0 aliphatic heterocycles. The first-order valence-electron chi connectivity index (χ1n) is 5.93. The van der Waals surface area contributed by atoms with Crippen molar-refractivity contribution >= 4 is 18.3 Å². The smallest absolute Gasteiger partial charge is 0.277 e. The minimum Gasteiger partial charge on any atom is -0.481 e. The highest BCUT2D eigenvalue weighted by molar-refractivity contribution is 5.85. The predicted octanol–water partition coefficient (Wildman–Crippen LogP) is 1.89. The number of nitrogens with two attached hydrogens (primary N) is 1. The Morgan fingerprint density at radius 3 is 2.70 bits per heavy atom. The van der Waals surface area contributed by atoms with E-state index in [1.165, 1.54) is 6.92 Å². The van der Waals surface area contributed by atoms with Gasteiger partial charge in [0.1, 0.15) is 5.75 Å². The molecule has 0 aromatic heterocycles. The summed E-state index contributed by atoms with van der Waals surface area (Å²) < 4.78 is 31.1. The Balaban J connectivity index is 0.00000361. The van der Waals surface area contributed by atoms with Crippen molar-refractivity contribution < 1.29 is 18.3 Å². The monoisotopic (exact) mass is 308 g/mol. The van der Waals surface area contributed by atoms with Crippen LogP contribution in [0, 0.1) is 6.92 Å². The van der Waals surface area contributed by atoms with Crippen molar-refractivity contribution in [3.05, 3.63) is 29.8 Å². The number of aryl methyl sites for hydroxylation is 1. The third-order valence-corrected chi connectivity index (χ3v) is 2.49. The normalized spacial score (nSPS) is 12.2. The van der Waals surface area contributed by atoms with Gasteiger partial charge in [-0.3, -0.25) is 4.79 Å². The average molecular weight is 309 g/mol. The molecule has 114 valence electrons. The van der Waals surface area contributed by atoms with Gasteiger partial charge in [-0.1, -0.05) is 12.1 Å². The molecular weight excluding hydrogens is 290 g/mol. The van der Waals surface area contributed by atoms with Gasteiger partial charge in [0, 0.05) is 0 Å². The molecule has 1 unspecified atom stereocenters. The zero-order chi connectivity index (χ0) is 14.5. The maximum atomic E-state index is 12.9. The maximum Gasteiger partial charge on any atom is 0.277 e. The minimum atomic E-state index is -3.10. The summed E-state index contributed by atoms with van der Waals surface area (Å²) in [6.07, 6.45) is -0.852. The van der Waals surface area contributed by atoms with Gasteiger partial charge in [-0.25, -0.2) is 8.78 Å². The number of hydrogen-bond acceptors (Lipinski definition) is 3. The molecule has 1 atom stereocenters. The molecule has 0 aliphatic rings. The van der Waals surface area contributed by atoms with Crippen molar-refractivity contribution in [2.75, 3.05) is 13.1 Å². The van der Waals surface area contributed by atoms with E-state index in [4.69, 9.17) is 10.5 Å². The molecule has 20 heavy (non-hydrogen) atoms. The van der Waals surface area contributed by atoms with E-state index in [1.54, 1.807) is 18.2 Å². The van der Waals surface area contributed by atoms with E-state index >= 15 is 0 Å². The van der Waals surface area contributed by atoms with Crippen LogP contribution in [0.1, 0.15) is 12.5 Å². The van der Waals surface area contributed by atoms with Gasteiger partial charge in [0.05, 0.1) is 13.1 Å². The number of hydrogen-bond donors (Lipinski definition) is 2. The van der Waals surface area contributed by atoms with Crippen molar-refractivity contribution in [1.29, 1.82) is 0 Å². The van der Waals surface area contributed by atoms with Gasteiger partial charge in [0.2, 0.25) is 0 Å². The first-order chi connectivity index (χ1) is 8.84. The predicted molar refractivity (Wildman–Crippen MR) is 75.5 cm³/mol. The third-order valence-electron chi connectivity index (χ3n) is 2.49. The number of carbonyl (C=O) groups excluding carboxylic acids is 1. The Morgan fingerprint density at radius 2 is 2.15 bits per heavy atom. The topological polar surface area (TPSA) is 64.3 Å². The van der Waals surface area contributed by atoms with Crippen LogP contribution in [0.15, 0.2) is 24.3 Å². The summed E-state index contributed by atoms with van der Waals surface area (Å²) in [4.78, 5) is 11.6. The fraction of sp³-hybridized carbons (Fsp3) is 0.462. The Kier molecular flexibility index (Phi) is 7.45. The molecule has 1 amide bonds. The van der Waals surface area contributed by atoms with Crippen molar-refractivity contribution in [3.8, 4) is 5.75 Å². The summed E-state index contributed by atoms with van der Waals surface area (Å²) in [7, 11) is 0. The molecule has 1 rings (SSSR count). The van der Waals surface area contributed by atoms with Crippen molar-refractivity contribution in [3.63, 3.8) is 0 Å². The third kappa shape index (κ3) is 6.16. The second-order valence-corrected chi connectivity index (χ2v) is 4.35. The van der Waals surface area contributed by atoms with E-state index < -0.39 is 31.0 Å². The van der Waals surface area contributed by atoms with Gasteiger partial charge in [0.25, 0.3) is 11.8 Å². The highest BCUT2D eigenvalue weighted by Crippen LogP contribution is 2.14. The Labute approximate surface area is 123 Å². The van der Waals surface area contributed by atoms with Gasteiger partial charge in [-0.2, -0.15) is 0 Å². The molecule has 3 N–H and O–H groups in total. The van der Waals surface area contributed by atoms with E-state index in [0.29, 0.717) is 5.75 Å². The number of amides is 1. The fourth-order valence-corrected chi connectivity index (χ4v) is 1.38. The van der Waals surface area contributed by atoms with Gasteiger partial charge < -0.3 is 15.8 Å². The number of alkyl halides is 2. The van der Waals surface area contributed by atoms with Crippen LogP contribution in [-0.4, -0.2) is 31.0 Å². The molecule has 1 aromatic carbocycles. The highest BCUT2D eigenvalue weighted by Gasteiger charge is 2.28. The first-order valence-corrected chi connectivity index (χ1v) is 5.93. The van der Waals surface area contributed by atoms with E-state index in [9.17, 15) is 13.6 Å². The minimum absolute atomic E-state index is 0. The maximum absolute atomic E-state index is 12.9. The highest BCUT2D eigenvalue weighted by atomic mass is 35.5. The van der Waals surface area contributed by atoms with Crippen LogP contribution in [0.4, 0.5) is 8.78 Å². The van der Waals surface area contributed by atoms with E-state index in [1.807, 2.05) is 13.0 Å². The van der Waals surface area contributed by atoms with E-state index in [2.05, 4.69) is 5.32 Å². The van der Waals surface area contributed by atoms with Crippen LogP contribution in [0.3, 0.4) is 0 Å². The average Bonchev–Trinajstić information content (AvgIpc) is 2.36. The number of carbonyl (C=O) groups is 1. The van der Waals surface area contributed by atoms with Gasteiger partial charge >= 0.3 is 0 Å². The van der Waals surface area contributed by atoms with E-state index in [0.717, 1.165) is 5.56 Å². The van der Waals surface area contributed by atoms with Crippen LogP contribution in [0.25, 0.3) is 0 Å². The van der Waals surface area contributed by atoms with Crippen LogP contribution < -0.4 is 15.8 Å². The standard InChI is InChI=1S/C13H18F2N2O2.ClH/c1-9-4-3-5-11(6-9)19-10(2)12(18)17-8-13(14,15)7-16;/h3-6,10H,7-8,16H2,1-2H3,(H,17,18);1H. The lowest BCUT2D eigenvalue weighted by atomic mass is 10.2. The second-order valence-electron chi connectivity index (χ2n) is 4.35. The molecule has 0 aliphatic carbocycles. The summed E-state index contributed by atoms with van der Waals surface area (Å²) in [5.74, 6) is -3.18. The molecule has 0 bridgehead atoms. The molecule has 0 saturated carbocycles. The number of rotatable bonds is 6. The molecule has 0 heterocycles. The molecule has 0 fully saturated rings. The van der Waals surface area contributed by atoms with Crippen molar-refractivity contribution in [2.24, 2.45) is 5.73 Å². The quantitative estimate of drug-likeness (QED) is 0.843. The largest absolute Gasteiger partial charge is 0.481 e. The number of halogens is 3. The Bertz CT molecular complexity index is 444. The summed E-state index contributed by atoms with van der Waals surface area (Å²) in [6, 6.07) is 7.14. The van der Waals surface area contributed by atoms with Crippen LogP contribution in [-0.2, 0) is 4.79 Å². The number of benzene rings is 1. The van der Waals surface area contributed by atoms with Crippen LogP contribution in [0.2, 0.25) is 0 Å². The van der Waals surface area contributed by atoms with Crippen molar-refractivity contribution in [2.45, 2.75) is 25.9 Å². The van der Waals surface area contributed by atoms with Crippen molar-refractivity contribution in [1.82, 2.24) is 5.32 Å². The molecule has 0 radical (unpaired) electrons. The first kappa shape index (κ1) is 18.6. The lowest BCUT2D eigenvalue weighted by Gasteiger charge is -2.18. The zero-order valence-corrected chi connectivity index (χ0v) is 12.2. The summed E-state index contributed by atoms with van der Waals surface area (Å²) in [5, 5.41) is 2.11. The second kappa shape index (κ2) is 8.01. The summed E-state index contributed by atoms with van der Waals surface area (Å²) in [5.41, 5.74) is 5.86. The van der Waals surface area contributed by atoms with Gasteiger partial charge in [-0.05, 0) is 31.5 Å². The molecule has 0 saturated heterocycles. The molecule has 0 spiro atoms. The molecule has 4 nitrogen and oxygen atoms in total. The zero-order valence-electron chi connectivity index (χ0n) is 11.4. The van der Waals surface area contributed by atoms with E-state index in [-0.39, 0.29) is 12.4 Å². The Morgan fingerprint density at radius 1 is 1.50 bits per heavy atom. The van der Waals surface area contributed by atoms with Gasteiger partial charge in [0.15, 0.2) is 6.10 Å². The number of nitrogens with one attached hydrogen (secondary N) is 1. The Hall–Kier alpha value is -1.40. The SMILES string of the molecule is Cc1cccc(OC(C)C(=O)NCC(F)(F)CN)c1.Cl. The lowest BCUT2D eigenvalue weighted by molar-refractivity contribution is -0.129. The van der Waals surface area contributed by atoms with Gasteiger partial charge in [-0.15, -0.1) is 12.4 Å². The molecule has 7 heteroatoms. The summed E-state index contributed by atoms with van der Waals surface area (Å²) >= 11 is 0. The fourth-order valence-electron chi connectivity index (χ4n) is 1.38. The summed E-state index contributed by atoms with van der Waals surface area (Å²) in [6.45, 7) is 1.79. The molecule has 1 aromatic rings. The lowest BCUT2D eigenvalue weighted by Crippen LogP contribution is -2.45. The van der Waals surface area contributed by atoms with Crippen LogP contribution >= 0.6 is 12.4 Å². The number of ether oxygens (including phenoxy) is 1.